The zero-order valence-electron chi connectivity index (χ0n) is 17.4. The molecule has 160 valence electrons. The Morgan fingerprint density at radius 3 is 2.33 bits per heavy atom. The fourth-order valence-electron chi connectivity index (χ4n) is 3.73. The van der Waals surface area contributed by atoms with E-state index in [0.29, 0.717) is 35.9 Å². The van der Waals surface area contributed by atoms with Crippen molar-refractivity contribution in [1.29, 1.82) is 0 Å². The van der Waals surface area contributed by atoms with Crippen molar-refractivity contribution >= 4 is 40.5 Å². The molecule has 2 aromatic rings. The Bertz CT molecular complexity index is 924. The van der Waals surface area contributed by atoms with Gasteiger partial charge in [0.2, 0.25) is 5.91 Å². The first-order valence-corrected chi connectivity index (χ1v) is 10.7. The van der Waals surface area contributed by atoms with Crippen molar-refractivity contribution in [2.75, 3.05) is 41.3 Å². The molecule has 6 nitrogen and oxygen atoms in total. The number of halogens is 1. The van der Waals surface area contributed by atoms with E-state index < -0.39 is 5.97 Å². The molecule has 2 N–H and O–H groups in total. The van der Waals surface area contributed by atoms with Gasteiger partial charge in [0.25, 0.3) is 0 Å². The van der Waals surface area contributed by atoms with E-state index in [1.807, 2.05) is 25.1 Å². The maximum Gasteiger partial charge on any atom is 0.337 e. The first-order valence-electron chi connectivity index (χ1n) is 10.3. The van der Waals surface area contributed by atoms with Crippen molar-refractivity contribution in [1.82, 2.24) is 0 Å². The highest BCUT2D eigenvalue weighted by Gasteiger charge is 2.23. The van der Waals surface area contributed by atoms with Crippen LogP contribution in [-0.2, 0) is 4.79 Å². The van der Waals surface area contributed by atoms with Crippen LogP contribution in [0.25, 0.3) is 0 Å². The van der Waals surface area contributed by atoms with Crippen LogP contribution < -0.4 is 15.1 Å². The van der Waals surface area contributed by atoms with Gasteiger partial charge >= 0.3 is 5.97 Å². The molecule has 0 aliphatic carbocycles. The number of anilines is 3. The van der Waals surface area contributed by atoms with Gasteiger partial charge in [-0.05, 0) is 49.2 Å². The highest BCUT2D eigenvalue weighted by molar-refractivity contribution is 6.30. The standard InChI is InChI=1S/C23H28ClN3O3/c1-3-4-5-22(28)25-18-8-9-20(19(15-18)23(29)30)26-10-12-27(13-11-26)21-14-17(24)7-6-16(21)2/h6-9,14-15H,3-5,10-13H2,1-2H3,(H,25,28)(H,29,30). The van der Waals surface area contributed by atoms with Crippen molar-refractivity contribution in [3.8, 4) is 0 Å². The third-order valence-corrected chi connectivity index (χ3v) is 5.64. The lowest BCUT2D eigenvalue weighted by Gasteiger charge is -2.38. The van der Waals surface area contributed by atoms with E-state index in [1.165, 1.54) is 5.56 Å². The number of carbonyl (C=O) groups excluding carboxylic acids is 1. The number of aromatic carboxylic acids is 1. The molecular formula is C23H28ClN3O3. The highest BCUT2D eigenvalue weighted by Crippen LogP contribution is 2.29. The molecule has 0 saturated carbocycles. The number of hydrogen-bond donors (Lipinski definition) is 2. The molecule has 7 heteroatoms. The first kappa shape index (κ1) is 22.0. The number of carboxylic acids is 1. The lowest BCUT2D eigenvalue weighted by atomic mass is 10.1. The van der Waals surface area contributed by atoms with Crippen LogP contribution in [0.3, 0.4) is 0 Å². The number of unbranched alkanes of at least 4 members (excludes halogenated alkanes) is 1. The summed E-state index contributed by atoms with van der Waals surface area (Å²) in [6.45, 7) is 7.04. The average molecular weight is 430 g/mol. The summed E-state index contributed by atoms with van der Waals surface area (Å²) in [7, 11) is 0. The molecule has 1 aliphatic rings. The van der Waals surface area contributed by atoms with Gasteiger partial charge in [-0.1, -0.05) is 31.0 Å². The maximum atomic E-state index is 12.0. The molecule has 1 fully saturated rings. The van der Waals surface area contributed by atoms with Gasteiger partial charge in [0.1, 0.15) is 0 Å². The molecule has 0 spiro atoms. The van der Waals surface area contributed by atoms with Crippen LogP contribution >= 0.6 is 11.6 Å². The number of nitrogens with zero attached hydrogens (tertiary/aromatic N) is 2. The van der Waals surface area contributed by atoms with Gasteiger partial charge in [-0.3, -0.25) is 4.79 Å². The molecular weight excluding hydrogens is 402 g/mol. The second-order valence-corrected chi connectivity index (χ2v) is 8.03. The van der Waals surface area contributed by atoms with Gasteiger partial charge in [-0.2, -0.15) is 0 Å². The monoisotopic (exact) mass is 429 g/mol. The lowest BCUT2D eigenvalue weighted by Crippen LogP contribution is -2.47. The number of carbonyl (C=O) groups is 2. The van der Waals surface area contributed by atoms with Crippen LogP contribution in [0.15, 0.2) is 36.4 Å². The molecule has 0 radical (unpaired) electrons. The summed E-state index contributed by atoms with van der Waals surface area (Å²) >= 11 is 6.16. The zero-order chi connectivity index (χ0) is 21.7. The van der Waals surface area contributed by atoms with E-state index in [1.54, 1.807) is 18.2 Å². The van der Waals surface area contributed by atoms with Crippen LogP contribution in [0.1, 0.15) is 42.1 Å². The third-order valence-electron chi connectivity index (χ3n) is 5.40. The summed E-state index contributed by atoms with van der Waals surface area (Å²) in [6, 6.07) is 11.0. The summed E-state index contributed by atoms with van der Waals surface area (Å²) < 4.78 is 0. The minimum absolute atomic E-state index is 0.0913. The molecule has 1 saturated heterocycles. The van der Waals surface area contributed by atoms with Crippen LogP contribution in [0.4, 0.5) is 17.1 Å². The largest absolute Gasteiger partial charge is 0.478 e. The van der Waals surface area contributed by atoms with E-state index in [2.05, 4.69) is 22.0 Å². The number of benzene rings is 2. The summed E-state index contributed by atoms with van der Waals surface area (Å²) in [6.07, 6.45) is 2.19. The van der Waals surface area contributed by atoms with Crippen molar-refractivity contribution < 1.29 is 14.7 Å². The van der Waals surface area contributed by atoms with Gasteiger partial charge in [0, 0.05) is 49.0 Å². The van der Waals surface area contributed by atoms with E-state index >= 15 is 0 Å². The molecule has 30 heavy (non-hydrogen) atoms. The van der Waals surface area contributed by atoms with E-state index in [9.17, 15) is 14.7 Å². The predicted octanol–water partition coefficient (Wildman–Crippen LogP) is 4.80. The Kier molecular flexibility index (Phi) is 7.21. The summed E-state index contributed by atoms with van der Waals surface area (Å²) in [5, 5.41) is 13.2. The molecule has 1 heterocycles. The number of carboxylic acid groups (broad SMARTS) is 1. The van der Waals surface area contributed by atoms with Crippen molar-refractivity contribution in [3.05, 3.63) is 52.5 Å². The van der Waals surface area contributed by atoms with E-state index in [4.69, 9.17) is 11.6 Å². The Balaban J connectivity index is 1.72. The first-order chi connectivity index (χ1) is 14.4. The molecule has 2 aromatic carbocycles. The topological polar surface area (TPSA) is 72.9 Å². The van der Waals surface area contributed by atoms with Crippen LogP contribution in [-0.4, -0.2) is 43.2 Å². The summed E-state index contributed by atoms with van der Waals surface area (Å²) in [5.74, 6) is -1.09. The average Bonchev–Trinajstić information content (AvgIpc) is 2.74. The van der Waals surface area contributed by atoms with Gasteiger partial charge < -0.3 is 20.2 Å². The third kappa shape index (κ3) is 5.25. The second-order valence-electron chi connectivity index (χ2n) is 7.59. The molecule has 0 atom stereocenters. The van der Waals surface area contributed by atoms with Crippen molar-refractivity contribution in [2.45, 2.75) is 33.1 Å². The number of aryl methyl sites for hydroxylation is 1. The molecule has 0 bridgehead atoms. The van der Waals surface area contributed by atoms with Gasteiger partial charge in [0.15, 0.2) is 0 Å². The smallest absolute Gasteiger partial charge is 0.337 e. The Hall–Kier alpha value is -2.73. The molecule has 0 aromatic heterocycles. The molecule has 1 amide bonds. The van der Waals surface area contributed by atoms with Crippen LogP contribution in [0.5, 0.6) is 0 Å². The predicted molar refractivity (Wildman–Crippen MR) is 122 cm³/mol. The van der Waals surface area contributed by atoms with Crippen LogP contribution in [0.2, 0.25) is 5.02 Å². The van der Waals surface area contributed by atoms with E-state index in [0.717, 1.165) is 31.6 Å². The van der Waals surface area contributed by atoms with E-state index in [-0.39, 0.29) is 11.5 Å². The Morgan fingerprint density at radius 1 is 1.03 bits per heavy atom. The van der Waals surface area contributed by atoms with Crippen molar-refractivity contribution in [3.63, 3.8) is 0 Å². The fraction of sp³-hybridized carbons (Fsp3) is 0.391. The minimum atomic E-state index is -0.997. The Labute approximate surface area is 182 Å². The van der Waals surface area contributed by atoms with Gasteiger partial charge in [-0.25, -0.2) is 4.79 Å². The van der Waals surface area contributed by atoms with Gasteiger partial charge in [-0.15, -0.1) is 0 Å². The summed E-state index contributed by atoms with van der Waals surface area (Å²) in [5.41, 5.74) is 3.69. The molecule has 0 unspecified atom stereocenters. The zero-order valence-corrected chi connectivity index (χ0v) is 18.2. The van der Waals surface area contributed by atoms with Crippen LogP contribution in [0, 0.1) is 6.92 Å². The number of piperazine rings is 1. The number of nitrogens with one attached hydrogen (secondary N) is 1. The summed E-state index contributed by atoms with van der Waals surface area (Å²) in [4.78, 5) is 28.2. The number of hydrogen-bond acceptors (Lipinski definition) is 4. The van der Waals surface area contributed by atoms with Crippen molar-refractivity contribution in [2.24, 2.45) is 0 Å². The molecule has 3 rings (SSSR count). The number of rotatable bonds is 7. The van der Waals surface area contributed by atoms with Gasteiger partial charge in [0.05, 0.1) is 11.3 Å². The molecule has 1 aliphatic heterocycles. The SMILES string of the molecule is CCCCC(=O)Nc1ccc(N2CCN(c3cc(Cl)ccc3C)CC2)c(C(=O)O)c1. The number of amides is 1. The maximum absolute atomic E-state index is 12.0. The highest BCUT2D eigenvalue weighted by atomic mass is 35.5. The lowest BCUT2D eigenvalue weighted by molar-refractivity contribution is -0.116. The fourth-order valence-corrected chi connectivity index (χ4v) is 3.90. The minimum Gasteiger partial charge on any atom is -0.478 e. The normalized spacial score (nSPS) is 14.0. The Morgan fingerprint density at radius 2 is 1.70 bits per heavy atom. The quantitative estimate of drug-likeness (QED) is 0.661. The second kappa shape index (κ2) is 9.85.